The molecule has 0 atom stereocenters. The van der Waals surface area contributed by atoms with Gasteiger partial charge in [0.25, 0.3) is 5.91 Å². The number of rotatable bonds is 9. The number of ether oxygens (including phenoxy) is 2. The highest BCUT2D eigenvalue weighted by molar-refractivity contribution is 6.34. The molecular weight excluding hydrogens is 449 g/mol. The average molecular weight is 472 g/mol. The van der Waals surface area contributed by atoms with Crippen LogP contribution in [0.1, 0.15) is 39.6 Å². The minimum Gasteiger partial charge on any atom is -0.496 e. The van der Waals surface area contributed by atoms with Gasteiger partial charge in [-0.1, -0.05) is 24.6 Å². The topological polar surface area (TPSA) is 84.9 Å². The first kappa shape index (κ1) is 24.1. The third kappa shape index (κ3) is 6.02. The molecule has 3 aromatic carbocycles. The maximum Gasteiger partial charge on any atom is 0.335 e. The summed E-state index contributed by atoms with van der Waals surface area (Å²) < 4.78 is 24.8. The van der Waals surface area contributed by atoms with Gasteiger partial charge in [-0.15, -0.1) is 0 Å². The monoisotopic (exact) mass is 471 g/mol. The minimum absolute atomic E-state index is 0.112. The van der Waals surface area contributed by atoms with Gasteiger partial charge in [-0.25, -0.2) is 9.18 Å². The number of carbonyl (C=O) groups is 2. The number of methoxy groups -OCH3 is 1. The Morgan fingerprint density at radius 3 is 2.52 bits per heavy atom. The van der Waals surface area contributed by atoms with Gasteiger partial charge >= 0.3 is 5.97 Å². The van der Waals surface area contributed by atoms with E-state index in [2.05, 4.69) is 5.32 Å². The quantitative estimate of drug-likeness (QED) is 0.426. The first-order valence-electron chi connectivity index (χ1n) is 10.2. The summed E-state index contributed by atoms with van der Waals surface area (Å²) in [5.74, 6) is -1.16. The zero-order valence-electron chi connectivity index (χ0n) is 18.2. The van der Waals surface area contributed by atoms with Gasteiger partial charge in [0.2, 0.25) is 0 Å². The standard InChI is InChI=1S/C25H23ClFNO5/c1-3-8-33-20-5-6-21(22(26)13-20)24(29)28-14-18-9-15(4-7-23(18)32-2)16-10-17(25(30)31)12-19(27)11-16/h4-7,9-13H,3,8,14H2,1-2H3,(H,28,29)(H,30,31). The van der Waals surface area contributed by atoms with Crippen molar-refractivity contribution in [2.24, 2.45) is 0 Å². The van der Waals surface area contributed by atoms with E-state index in [1.54, 1.807) is 36.4 Å². The molecule has 0 fully saturated rings. The number of hydrogen-bond donors (Lipinski definition) is 2. The third-order valence-corrected chi connectivity index (χ3v) is 5.17. The molecule has 6 nitrogen and oxygen atoms in total. The van der Waals surface area contributed by atoms with Crippen molar-refractivity contribution in [3.8, 4) is 22.6 Å². The van der Waals surface area contributed by atoms with Gasteiger partial charge in [0, 0.05) is 12.1 Å². The summed E-state index contributed by atoms with van der Waals surface area (Å²) in [7, 11) is 1.50. The number of amides is 1. The molecule has 0 aliphatic heterocycles. The predicted octanol–water partition coefficient (Wildman–Crippen LogP) is 5.57. The van der Waals surface area contributed by atoms with E-state index in [4.69, 9.17) is 21.1 Å². The molecule has 3 rings (SSSR count). The Kier molecular flexibility index (Phi) is 7.90. The normalized spacial score (nSPS) is 10.5. The minimum atomic E-state index is -1.22. The zero-order chi connectivity index (χ0) is 24.0. The molecule has 3 aromatic rings. The molecule has 2 N–H and O–H groups in total. The van der Waals surface area contributed by atoms with E-state index in [0.717, 1.165) is 12.5 Å². The summed E-state index contributed by atoms with van der Waals surface area (Å²) in [5, 5.41) is 12.3. The Morgan fingerprint density at radius 2 is 1.85 bits per heavy atom. The summed E-state index contributed by atoms with van der Waals surface area (Å²) >= 11 is 6.25. The third-order valence-electron chi connectivity index (χ3n) is 4.86. The number of hydrogen-bond acceptors (Lipinski definition) is 4. The molecule has 0 bridgehead atoms. The van der Waals surface area contributed by atoms with Crippen LogP contribution in [0.25, 0.3) is 11.1 Å². The van der Waals surface area contributed by atoms with Crippen LogP contribution in [-0.4, -0.2) is 30.7 Å². The van der Waals surface area contributed by atoms with Crippen LogP contribution in [-0.2, 0) is 6.54 Å². The maximum absolute atomic E-state index is 13.9. The van der Waals surface area contributed by atoms with Gasteiger partial charge in [0.15, 0.2) is 0 Å². The molecule has 0 heterocycles. The highest BCUT2D eigenvalue weighted by Crippen LogP contribution is 2.29. The number of carboxylic acid groups (broad SMARTS) is 1. The van der Waals surface area contributed by atoms with E-state index in [1.807, 2.05) is 6.92 Å². The van der Waals surface area contributed by atoms with Crippen LogP contribution < -0.4 is 14.8 Å². The number of carbonyl (C=O) groups excluding carboxylic acids is 1. The Morgan fingerprint density at radius 1 is 1.06 bits per heavy atom. The fraction of sp³-hybridized carbons (Fsp3) is 0.200. The number of carboxylic acids is 1. The molecule has 33 heavy (non-hydrogen) atoms. The number of nitrogens with one attached hydrogen (secondary N) is 1. The summed E-state index contributed by atoms with van der Waals surface area (Å²) in [5.41, 5.74) is 1.75. The lowest BCUT2D eigenvalue weighted by Crippen LogP contribution is -2.23. The van der Waals surface area contributed by atoms with E-state index in [1.165, 1.54) is 19.2 Å². The average Bonchev–Trinajstić information content (AvgIpc) is 2.80. The number of halogens is 2. The largest absolute Gasteiger partial charge is 0.496 e. The molecule has 0 spiro atoms. The van der Waals surface area contributed by atoms with Crippen molar-refractivity contribution in [3.05, 3.63) is 82.1 Å². The molecule has 0 saturated heterocycles. The number of benzene rings is 3. The smallest absolute Gasteiger partial charge is 0.335 e. The first-order valence-corrected chi connectivity index (χ1v) is 10.6. The van der Waals surface area contributed by atoms with Gasteiger partial charge in [0.1, 0.15) is 17.3 Å². The van der Waals surface area contributed by atoms with Crippen LogP contribution in [0.4, 0.5) is 4.39 Å². The van der Waals surface area contributed by atoms with Gasteiger partial charge in [0.05, 0.1) is 29.9 Å². The van der Waals surface area contributed by atoms with Gasteiger partial charge in [-0.05, 0) is 66.1 Å². The van der Waals surface area contributed by atoms with Crippen molar-refractivity contribution < 1.29 is 28.6 Å². The number of aromatic carboxylic acids is 1. The summed E-state index contributed by atoms with van der Waals surface area (Å²) in [6.45, 7) is 2.66. The molecule has 1 amide bonds. The molecule has 0 saturated carbocycles. The second kappa shape index (κ2) is 10.8. The molecule has 172 valence electrons. The SMILES string of the molecule is CCCOc1ccc(C(=O)NCc2cc(-c3cc(F)cc(C(=O)O)c3)ccc2OC)c(Cl)c1. The van der Waals surface area contributed by atoms with Crippen molar-refractivity contribution in [2.75, 3.05) is 13.7 Å². The van der Waals surface area contributed by atoms with E-state index in [0.29, 0.717) is 40.4 Å². The molecule has 0 unspecified atom stereocenters. The Labute approximate surface area is 195 Å². The lowest BCUT2D eigenvalue weighted by molar-refractivity contribution is 0.0696. The maximum atomic E-state index is 13.9. The molecular formula is C25H23ClFNO5. The van der Waals surface area contributed by atoms with E-state index < -0.39 is 11.8 Å². The van der Waals surface area contributed by atoms with E-state index in [-0.39, 0.29) is 23.0 Å². The van der Waals surface area contributed by atoms with Gasteiger partial charge < -0.3 is 19.9 Å². The van der Waals surface area contributed by atoms with E-state index in [9.17, 15) is 19.1 Å². The Balaban J connectivity index is 1.81. The van der Waals surface area contributed by atoms with Crippen LogP contribution in [0.3, 0.4) is 0 Å². The van der Waals surface area contributed by atoms with Crippen LogP contribution in [0.5, 0.6) is 11.5 Å². The molecule has 0 aromatic heterocycles. The second-order valence-corrected chi connectivity index (χ2v) is 7.64. The van der Waals surface area contributed by atoms with Crippen molar-refractivity contribution in [3.63, 3.8) is 0 Å². The van der Waals surface area contributed by atoms with Crippen LogP contribution in [0.15, 0.2) is 54.6 Å². The van der Waals surface area contributed by atoms with Crippen molar-refractivity contribution >= 4 is 23.5 Å². The van der Waals surface area contributed by atoms with Gasteiger partial charge in [-0.2, -0.15) is 0 Å². The fourth-order valence-corrected chi connectivity index (χ4v) is 3.49. The highest BCUT2D eigenvalue weighted by Gasteiger charge is 2.14. The Bertz CT molecular complexity index is 1180. The molecule has 8 heteroatoms. The first-order chi connectivity index (χ1) is 15.8. The van der Waals surface area contributed by atoms with Crippen molar-refractivity contribution in [1.29, 1.82) is 0 Å². The predicted molar refractivity (Wildman–Crippen MR) is 124 cm³/mol. The summed E-state index contributed by atoms with van der Waals surface area (Å²) in [4.78, 5) is 24.0. The lowest BCUT2D eigenvalue weighted by atomic mass is 10.00. The molecule has 0 aliphatic rings. The van der Waals surface area contributed by atoms with Crippen molar-refractivity contribution in [1.82, 2.24) is 5.32 Å². The Hall–Kier alpha value is -3.58. The molecule has 0 radical (unpaired) electrons. The van der Waals surface area contributed by atoms with Crippen LogP contribution >= 0.6 is 11.6 Å². The van der Waals surface area contributed by atoms with Crippen LogP contribution in [0, 0.1) is 5.82 Å². The van der Waals surface area contributed by atoms with E-state index >= 15 is 0 Å². The van der Waals surface area contributed by atoms with Crippen molar-refractivity contribution in [2.45, 2.75) is 19.9 Å². The highest BCUT2D eigenvalue weighted by atomic mass is 35.5. The fourth-order valence-electron chi connectivity index (χ4n) is 3.24. The molecule has 0 aliphatic carbocycles. The zero-order valence-corrected chi connectivity index (χ0v) is 18.9. The summed E-state index contributed by atoms with van der Waals surface area (Å²) in [6, 6.07) is 13.5. The summed E-state index contributed by atoms with van der Waals surface area (Å²) in [6.07, 6.45) is 0.855. The lowest BCUT2D eigenvalue weighted by Gasteiger charge is -2.13. The van der Waals surface area contributed by atoms with Crippen LogP contribution in [0.2, 0.25) is 5.02 Å². The second-order valence-electron chi connectivity index (χ2n) is 7.23. The van der Waals surface area contributed by atoms with Gasteiger partial charge in [-0.3, -0.25) is 4.79 Å².